The van der Waals surface area contributed by atoms with E-state index in [2.05, 4.69) is 22.3 Å². The summed E-state index contributed by atoms with van der Waals surface area (Å²) in [4.78, 5) is 15.1. The summed E-state index contributed by atoms with van der Waals surface area (Å²) in [7, 11) is 0. The van der Waals surface area contributed by atoms with Crippen LogP contribution in [-0.4, -0.2) is 25.1 Å². The molecule has 0 spiro atoms. The number of aryl methyl sites for hydroxylation is 1. The van der Waals surface area contributed by atoms with E-state index in [-0.39, 0.29) is 5.91 Å². The van der Waals surface area contributed by atoms with E-state index in [9.17, 15) is 4.79 Å². The third kappa shape index (κ3) is 4.82. The Morgan fingerprint density at radius 1 is 1.07 bits per heavy atom. The summed E-state index contributed by atoms with van der Waals surface area (Å²) in [5, 5.41) is 2.99. The Labute approximate surface area is 162 Å². The van der Waals surface area contributed by atoms with Crippen molar-refractivity contribution in [1.29, 1.82) is 0 Å². The zero-order chi connectivity index (χ0) is 19.2. The number of hydrogen-bond acceptors (Lipinski definition) is 3. The Morgan fingerprint density at radius 2 is 1.78 bits per heavy atom. The molecule has 1 heterocycles. The van der Waals surface area contributed by atoms with Crippen LogP contribution in [0.3, 0.4) is 0 Å². The first-order chi connectivity index (χ1) is 13.1. The fourth-order valence-corrected chi connectivity index (χ4v) is 3.46. The molecule has 0 bridgehead atoms. The molecule has 0 radical (unpaired) electrons. The molecule has 0 aromatic heterocycles. The van der Waals surface area contributed by atoms with Gasteiger partial charge in [0.05, 0.1) is 0 Å². The predicted octanol–water partition coefficient (Wildman–Crippen LogP) is 5.09. The normalized spacial score (nSPS) is 15.3. The number of benzene rings is 2. The predicted molar refractivity (Wildman–Crippen MR) is 112 cm³/mol. The molecule has 1 amide bonds. The average molecular weight is 367 g/mol. The van der Waals surface area contributed by atoms with Gasteiger partial charge in [0.25, 0.3) is 5.91 Å². The number of ether oxygens (including phenoxy) is 1. The Bertz CT molecular complexity index is 764. The Kier molecular flexibility index (Phi) is 6.38. The molecule has 1 aliphatic heterocycles. The van der Waals surface area contributed by atoms with E-state index in [4.69, 9.17) is 4.74 Å². The van der Waals surface area contributed by atoms with Crippen LogP contribution in [-0.2, 0) is 4.79 Å². The highest BCUT2D eigenvalue weighted by Gasteiger charge is 2.20. The molecule has 1 saturated heterocycles. The monoisotopic (exact) mass is 366 g/mol. The Morgan fingerprint density at radius 3 is 2.44 bits per heavy atom. The minimum atomic E-state index is -0.507. The van der Waals surface area contributed by atoms with Gasteiger partial charge in [0.1, 0.15) is 5.75 Å². The van der Waals surface area contributed by atoms with Crippen molar-refractivity contribution in [3.8, 4) is 5.75 Å². The fraction of sp³-hybridized carbons (Fsp3) is 0.435. The molecular weight excluding hydrogens is 336 g/mol. The lowest BCUT2D eigenvalue weighted by Gasteiger charge is -2.29. The van der Waals surface area contributed by atoms with E-state index >= 15 is 0 Å². The summed E-state index contributed by atoms with van der Waals surface area (Å²) in [6.07, 6.45) is 3.94. The van der Waals surface area contributed by atoms with Crippen molar-refractivity contribution in [2.24, 2.45) is 0 Å². The number of amides is 1. The number of nitrogens with one attached hydrogen (secondary N) is 1. The lowest BCUT2D eigenvalue weighted by Crippen LogP contribution is -2.32. The van der Waals surface area contributed by atoms with Crippen molar-refractivity contribution in [3.63, 3.8) is 0 Å². The van der Waals surface area contributed by atoms with Gasteiger partial charge < -0.3 is 15.0 Å². The fourth-order valence-electron chi connectivity index (χ4n) is 3.46. The lowest BCUT2D eigenvalue weighted by atomic mass is 10.1. The average Bonchev–Trinajstić information content (AvgIpc) is 2.70. The van der Waals surface area contributed by atoms with E-state index in [1.54, 1.807) is 0 Å². The van der Waals surface area contributed by atoms with Gasteiger partial charge in [-0.25, -0.2) is 0 Å². The van der Waals surface area contributed by atoms with Crippen LogP contribution in [0.25, 0.3) is 0 Å². The largest absolute Gasteiger partial charge is 0.480 e. The maximum absolute atomic E-state index is 12.7. The van der Waals surface area contributed by atoms with Crippen molar-refractivity contribution in [2.75, 3.05) is 23.3 Å². The molecule has 2 aromatic carbocycles. The molecule has 0 saturated carbocycles. The topological polar surface area (TPSA) is 41.6 Å². The maximum atomic E-state index is 12.7. The molecule has 144 valence electrons. The number of carbonyl (C=O) groups excluding carboxylic acids is 1. The van der Waals surface area contributed by atoms with E-state index < -0.39 is 6.10 Å². The smallest absolute Gasteiger partial charge is 0.265 e. The number of piperidine rings is 1. The third-order valence-corrected chi connectivity index (χ3v) is 5.34. The minimum absolute atomic E-state index is 0.107. The van der Waals surface area contributed by atoms with Crippen LogP contribution in [0.5, 0.6) is 5.75 Å². The second-order valence-electron chi connectivity index (χ2n) is 7.30. The Balaban J connectivity index is 1.63. The number of nitrogens with zero attached hydrogens (tertiary/aromatic N) is 1. The van der Waals surface area contributed by atoms with Gasteiger partial charge in [0.2, 0.25) is 0 Å². The van der Waals surface area contributed by atoms with Crippen molar-refractivity contribution in [1.82, 2.24) is 0 Å². The van der Waals surface area contributed by atoms with Crippen LogP contribution in [0.4, 0.5) is 11.4 Å². The molecule has 0 aliphatic carbocycles. The van der Waals surface area contributed by atoms with Crippen LogP contribution in [0.2, 0.25) is 0 Å². The van der Waals surface area contributed by atoms with Gasteiger partial charge in [-0.1, -0.05) is 19.1 Å². The first-order valence-electron chi connectivity index (χ1n) is 9.97. The van der Waals surface area contributed by atoms with Gasteiger partial charge in [-0.3, -0.25) is 4.79 Å². The third-order valence-electron chi connectivity index (χ3n) is 5.34. The van der Waals surface area contributed by atoms with Crippen molar-refractivity contribution in [2.45, 2.75) is 52.6 Å². The molecule has 2 aromatic rings. The number of carbonyl (C=O) groups is 1. The number of rotatable bonds is 6. The highest BCUT2D eigenvalue weighted by molar-refractivity contribution is 5.94. The molecule has 4 heteroatoms. The lowest BCUT2D eigenvalue weighted by molar-refractivity contribution is -0.122. The zero-order valence-electron chi connectivity index (χ0n) is 16.6. The van der Waals surface area contributed by atoms with Gasteiger partial charge in [0, 0.05) is 24.5 Å². The molecule has 1 atom stereocenters. The second kappa shape index (κ2) is 8.94. The molecule has 27 heavy (non-hydrogen) atoms. The first-order valence-corrected chi connectivity index (χ1v) is 9.97. The van der Waals surface area contributed by atoms with Crippen LogP contribution >= 0.6 is 0 Å². The molecule has 1 aliphatic rings. The van der Waals surface area contributed by atoms with Crippen LogP contribution in [0, 0.1) is 13.8 Å². The molecule has 3 rings (SSSR count). The van der Waals surface area contributed by atoms with E-state index in [0.29, 0.717) is 6.42 Å². The van der Waals surface area contributed by atoms with Crippen LogP contribution in [0.1, 0.15) is 43.7 Å². The summed E-state index contributed by atoms with van der Waals surface area (Å²) < 4.78 is 6.01. The van der Waals surface area contributed by atoms with Crippen molar-refractivity contribution < 1.29 is 9.53 Å². The number of hydrogen-bond donors (Lipinski definition) is 1. The van der Waals surface area contributed by atoms with E-state index in [1.807, 2.05) is 51.1 Å². The van der Waals surface area contributed by atoms with E-state index in [0.717, 1.165) is 35.7 Å². The van der Waals surface area contributed by atoms with Crippen molar-refractivity contribution >= 4 is 17.3 Å². The highest BCUT2D eigenvalue weighted by Crippen LogP contribution is 2.24. The van der Waals surface area contributed by atoms with Gasteiger partial charge in [-0.05, 0) is 81.0 Å². The first kappa shape index (κ1) is 19.3. The summed E-state index contributed by atoms with van der Waals surface area (Å²) in [5.41, 5.74) is 4.28. The molecule has 1 N–H and O–H groups in total. The Hall–Kier alpha value is -2.49. The summed E-state index contributed by atoms with van der Waals surface area (Å²) in [5.74, 6) is 0.668. The zero-order valence-corrected chi connectivity index (χ0v) is 16.6. The van der Waals surface area contributed by atoms with Crippen LogP contribution < -0.4 is 15.0 Å². The standard InChI is InChI=1S/C23H30N2O2/c1-4-21(27-22-10-8-9-17(2)18(22)3)23(26)24-19-11-13-20(14-12-19)25-15-6-5-7-16-25/h8-14,21H,4-7,15-16H2,1-3H3,(H,24,26)/t21-/m0/s1. The highest BCUT2D eigenvalue weighted by atomic mass is 16.5. The van der Waals surface area contributed by atoms with Crippen LogP contribution in [0.15, 0.2) is 42.5 Å². The van der Waals surface area contributed by atoms with Gasteiger partial charge in [-0.15, -0.1) is 0 Å². The molecular formula is C23H30N2O2. The van der Waals surface area contributed by atoms with Gasteiger partial charge in [0.15, 0.2) is 6.10 Å². The molecule has 0 unspecified atom stereocenters. The van der Waals surface area contributed by atoms with Gasteiger partial charge >= 0.3 is 0 Å². The molecule has 4 nitrogen and oxygen atoms in total. The maximum Gasteiger partial charge on any atom is 0.265 e. The summed E-state index contributed by atoms with van der Waals surface area (Å²) in [6.45, 7) is 8.27. The molecule has 1 fully saturated rings. The minimum Gasteiger partial charge on any atom is -0.480 e. The SMILES string of the molecule is CC[C@H](Oc1cccc(C)c1C)C(=O)Nc1ccc(N2CCCCC2)cc1. The summed E-state index contributed by atoms with van der Waals surface area (Å²) >= 11 is 0. The van der Waals surface area contributed by atoms with Crippen molar-refractivity contribution in [3.05, 3.63) is 53.6 Å². The van der Waals surface area contributed by atoms with E-state index in [1.165, 1.54) is 24.9 Å². The second-order valence-corrected chi connectivity index (χ2v) is 7.30. The summed E-state index contributed by atoms with van der Waals surface area (Å²) in [6, 6.07) is 14.1. The van der Waals surface area contributed by atoms with Gasteiger partial charge in [-0.2, -0.15) is 0 Å². The quantitative estimate of drug-likeness (QED) is 0.774. The number of anilines is 2.